The molecule has 2 N–H and O–H groups in total. The molecule has 0 radical (unpaired) electrons. The number of carboxylic acids is 1. The van der Waals surface area contributed by atoms with E-state index in [0.29, 0.717) is 5.02 Å². The number of carboxylic acid groups (broad SMARTS) is 1. The molecule has 2 rings (SSSR count). The summed E-state index contributed by atoms with van der Waals surface area (Å²) in [5, 5.41) is 18.9. The number of nitrogens with zero attached hydrogens (tertiary/aromatic N) is 1. The average molecular weight is 256 g/mol. The molecule has 1 aliphatic rings. The molecule has 0 aliphatic carbocycles. The molecular formula is C11H10ClNO4. The minimum atomic E-state index is -1.01. The fraction of sp³-hybridized carbons (Fsp3) is 0.273. The molecule has 1 aromatic rings. The van der Waals surface area contributed by atoms with Crippen LogP contribution in [0.5, 0.6) is 5.75 Å². The Labute approximate surface area is 102 Å². The van der Waals surface area contributed by atoms with Crippen molar-refractivity contribution >= 4 is 29.2 Å². The zero-order valence-electron chi connectivity index (χ0n) is 8.76. The second-order valence-corrected chi connectivity index (χ2v) is 4.31. The van der Waals surface area contributed by atoms with Crippen LogP contribution in [0, 0.1) is 5.92 Å². The highest BCUT2D eigenvalue weighted by Gasteiger charge is 2.36. The van der Waals surface area contributed by atoms with Crippen LogP contribution >= 0.6 is 11.6 Å². The van der Waals surface area contributed by atoms with Crippen LogP contribution < -0.4 is 4.90 Å². The van der Waals surface area contributed by atoms with Crippen molar-refractivity contribution in [2.24, 2.45) is 5.92 Å². The topological polar surface area (TPSA) is 77.8 Å². The first-order valence-corrected chi connectivity index (χ1v) is 5.38. The van der Waals surface area contributed by atoms with Crippen LogP contribution in [0.4, 0.5) is 5.69 Å². The Morgan fingerprint density at radius 1 is 1.47 bits per heavy atom. The lowest BCUT2D eigenvalue weighted by Gasteiger charge is -2.17. The molecule has 1 saturated heterocycles. The number of halogens is 1. The van der Waals surface area contributed by atoms with Gasteiger partial charge in [0.25, 0.3) is 0 Å². The van der Waals surface area contributed by atoms with Gasteiger partial charge >= 0.3 is 5.97 Å². The zero-order chi connectivity index (χ0) is 12.6. The number of aromatic hydroxyl groups is 1. The highest BCUT2D eigenvalue weighted by atomic mass is 35.5. The van der Waals surface area contributed by atoms with E-state index in [2.05, 4.69) is 0 Å². The maximum atomic E-state index is 11.7. The van der Waals surface area contributed by atoms with E-state index in [9.17, 15) is 14.7 Å². The van der Waals surface area contributed by atoms with Gasteiger partial charge in [0, 0.05) is 18.0 Å². The van der Waals surface area contributed by atoms with E-state index in [4.69, 9.17) is 16.7 Å². The maximum absolute atomic E-state index is 11.7. The highest BCUT2D eigenvalue weighted by molar-refractivity contribution is 6.31. The van der Waals surface area contributed by atoms with E-state index in [1.807, 2.05) is 0 Å². The molecule has 0 saturated carbocycles. The number of carbonyl (C=O) groups is 2. The van der Waals surface area contributed by atoms with Crippen LogP contribution in [0.2, 0.25) is 5.02 Å². The van der Waals surface area contributed by atoms with Gasteiger partial charge in [-0.25, -0.2) is 0 Å². The quantitative estimate of drug-likeness (QED) is 0.839. The lowest BCUT2D eigenvalue weighted by Crippen LogP contribution is -2.25. The molecule has 1 heterocycles. The summed E-state index contributed by atoms with van der Waals surface area (Å²) in [5.41, 5.74) is 0.256. The number of benzene rings is 1. The van der Waals surface area contributed by atoms with E-state index >= 15 is 0 Å². The Bertz CT molecular complexity index is 488. The number of aliphatic carboxylic acids is 1. The summed E-state index contributed by atoms with van der Waals surface area (Å²) < 4.78 is 0. The lowest BCUT2D eigenvalue weighted by molar-refractivity contribution is -0.141. The molecule has 1 aliphatic heterocycles. The van der Waals surface area contributed by atoms with Crippen molar-refractivity contribution in [2.45, 2.75) is 6.42 Å². The predicted octanol–water partition coefficient (Wildman–Crippen LogP) is 1.48. The van der Waals surface area contributed by atoms with Gasteiger partial charge in [0.1, 0.15) is 5.75 Å². The fourth-order valence-electron chi connectivity index (χ4n) is 1.82. The van der Waals surface area contributed by atoms with Crippen molar-refractivity contribution in [1.29, 1.82) is 0 Å². The summed E-state index contributed by atoms with van der Waals surface area (Å²) in [6, 6.07) is 4.31. The van der Waals surface area contributed by atoms with Crippen molar-refractivity contribution in [2.75, 3.05) is 11.4 Å². The summed E-state index contributed by atoms with van der Waals surface area (Å²) in [6.45, 7) is 0.0576. The summed E-state index contributed by atoms with van der Waals surface area (Å²) in [7, 11) is 0. The van der Waals surface area contributed by atoms with Crippen LogP contribution in [0.25, 0.3) is 0 Å². The normalized spacial score (nSPS) is 19.7. The average Bonchev–Trinajstić information content (AvgIpc) is 2.64. The van der Waals surface area contributed by atoms with Crippen molar-refractivity contribution in [1.82, 2.24) is 0 Å². The predicted molar refractivity (Wildman–Crippen MR) is 61.2 cm³/mol. The second kappa shape index (κ2) is 4.25. The Morgan fingerprint density at radius 2 is 2.18 bits per heavy atom. The van der Waals surface area contributed by atoms with Crippen LogP contribution in [-0.2, 0) is 9.59 Å². The molecule has 1 amide bonds. The van der Waals surface area contributed by atoms with E-state index < -0.39 is 11.9 Å². The van der Waals surface area contributed by atoms with Crippen molar-refractivity contribution in [3.8, 4) is 5.75 Å². The van der Waals surface area contributed by atoms with Crippen molar-refractivity contribution in [3.63, 3.8) is 0 Å². The van der Waals surface area contributed by atoms with Crippen LogP contribution in [-0.4, -0.2) is 28.6 Å². The molecule has 17 heavy (non-hydrogen) atoms. The number of amides is 1. The number of carbonyl (C=O) groups excluding carboxylic acids is 1. The van der Waals surface area contributed by atoms with Crippen molar-refractivity contribution < 1.29 is 19.8 Å². The molecule has 1 atom stereocenters. The Morgan fingerprint density at radius 3 is 2.76 bits per heavy atom. The third-order valence-corrected chi connectivity index (χ3v) is 2.94. The summed E-state index contributed by atoms with van der Waals surface area (Å²) >= 11 is 5.78. The first-order chi connectivity index (χ1) is 7.99. The molecule has 1 aromatic carbocycles. The molecule has 1 fully saturated rings. The molecule has 1 unspecified atom stereocenters. The van der Waals surface area contributed by atoms with Crippen LogP contribution in [0.1, 0.15) is 6.42 Å². The molecule has 6 heteroatoms. The number of hydrogen-bond acceptors (Lipinski definition) is 3. The monoisotopic (exact) mass is 255 g/mol. The number of anilines is 1. The van der Waals surface area contributed by atoms with Crippen LogP contribution in [0.3, 0.4) is 0 Å². The van der Waals surface area contributed by atoms with Crippen LogP contribution in [0.15, 0.2) is 18.2 Å². The van der Waals surface area contributed by atoms with Gasteiger partial charge in [-0.15, -0.1) is 0 Å². The third kappa shape index (κ3) is 2.19. The molecule has 0 spiro atoms. The summed E-state index contributed by atoms with van der Waals surface area (Å²) in [4.78, 5) is 23.7. The first-order valence-electron chi connectivity index (χ1n) is 5.00. The Hall–Kier alpha value is -1.75. The van der Waals surface area contributed by atoms with Gasteiger partial charge in [0.05, 0.1) is 11.6 Å². The molecule has 0 bridgehead atoms. The fourth-order valence-corrected chi connectivity index (χ4v) is 1.98. The van der Waals surface area contributed by atoms with E-state index in [0.717, 1.165) is 0 Å². The molecule has 90 valence electrons. The third-order valence-electron chi connectivity index (χ3n) is 2.70. The summed E-state index contributed by atoms with van der Waals surface area (Å²) in [6.07, 6.45) is -0.0543. The minimum absolute atomic E-state index is 0.0543. The maximum Gasteiger partial charge on any atom is 0.308 e. The van der Waals surface area contributed by atoms with Gasteiger partial charge in [-0.05, 0) is 18.2 Å². The van der Waals surface area contributed by atoms with Gasteiger partial charge in [0.15, 0.2) is 0 Å². The number of phenols is 1. The largest absolute Gasteiger partial charge is 0.506 e. The number of phenolic OH excluding ortho intramolecular Hbond substituents is 1. The molecule has 0 aromatic heterocycles. The SMILES string of the molecule is O=C(O)C1CC(=O)N(c2cc(Cl)ccc2O)C1. The van der Waals surface area contributed by atoms with E-state index in [1.165, 1.54) is 23.1 Å². The minimum Gasteiger partial charge on any atom is -0.506 e. The zero-order valence-corrected chi connectivity index (χ0v) is 9.52. The van der Waals surface area contributed by atoms with Gasteiger partial charge in [-0.3, -0.25) is 9.59 Å². The highest BCUT2D eigenvalue weighted by Crippen LogP contribution is 2.34. The summed E-state index contributed by atoms with van der Waals surface area (Å²) in [5.74, 6) is -2.16. The standard InChI is InChI=1S/C11H10ClNO4/c12-7-1-2-9(14)8(4-7)13-5-6(11(16)17)3-10(13)15/h1-2,4,6,14H,3,5H2,(H,16,17). The van der Waals surface area contributed by atoms with E-state index in [-0.39, 0.29) is 30.3 Å². The second-order valence-electron chi connectivity index (χ2n) is 3.88. The first kappa shape index (κ1) is 11.7. The Balaban J connectivity index is 2.32. The van der Waals surface area contributed by atoms with Crippen molar-refractivity contribution in [3.05, 3.63) is 23.2 Å². The molecule has 5 nitrogen and oxygen atoms in total. The Kier molecular flexibility index (Phi) is 2.93. The van der Waals surface area contributed by atoms with Gasteiger partial charge < -0.3 is 15.1 Å². The molecular weight excluding hydrogens is 246 g/mol. The van der Waals surface area contributed by atoms with Gasteiger partial charge in [-0.2, -0.15) is 0 Å². The van der Waals surface area contributed by atoms with E-state index in [1.54, 1.807) is 0 Å². The number of rotatable bonds is 2. The smallest absolute Gasteiger partial charge is 0.308 e. The van der Waals surface area contributed by atoms with Gasteiger partial charge in [0.2, 0.25) is 5.91 Å². The van der Waals surface area contributed by atoms with Gasteiger partial charge in [-0.1, -0.05) is 11.6 Å². The lowest BCUT2D eigenvalue weighted by atomic mass is 10.1. The number of hydrogen-bond donors (Lipinski definition) is 2.